The smallest absolute Gasteiger partial charge is 0.243 e. The van der Waals surface area contributed by atoms with Crippen LogP contribution in [0.3, 0.4) is 0 Å². The highest BCUT2D eigenvalue weighted by Crippen LogP contribution is 2.17. The van der Waals surface area contributed by atoms with Gasteiger partial charge in [0.25, 0.3) is 0 Å². The number of carbonyl (C=O) groups excluding carboxylic acids is 2. The van der Waals surface area contributed by atoms with Crippen molar-refractivity contribution in [3.05, 3.63) is 65.7 Å². The summed E-state index contributed by atoms with van der Waals surface area (Å²) >= 11 is 0. The standard InChI is InChI=1S/C23H31N3O4S/c1-5-21(23(28)24-6-2)26(16-19-10-8-7-9-11-19)22(27)17-25(4)31(29,30)20-14-12-18(3)13-15-20/h7-15,21H,5-6,16-17H2,1-4H3,(H,24,28)/t21-/m0/s1. The van der Waals surface area contributed by atoms with Crippen molar-refractivity contribution in [1.29, 1.82) is 0 Å². The fraction of sp³-hybridized carbons (Fsp3) is 0.391. The summed E-state index contributed by atoms with van der Waals surface area (Å²) in [5, 5.41) is 2.77. The lowest BCUT2D eigenvalue weighted by molar-refractivity contribution is -0.141. The lowest BCUT2D eigenvalue weighted by atomic mass is 10.1. The zero-order valence-corrected chi connectivity index (χ0v) is 19.4. The van der Waals surface area contributed by atoms with Crippen molar-refractivity contribution in [2.24, 2.45) is 0 Å². The Morgan fingerprint density at radius 2 is 1.61 bits per heavy atom. The van der Waals surface area contributed by atoms with E-state index in [0.717, 1.165) is 15.4 Å². The van der Waals surface area contributed by atoms with Crippen LogP contribution in [-0.2, 0) is 26.2 Å². The predicted molar refractivity (Wildman–Crippen MR) is 121 cm³/mol. The molecule has 31 heavy (non-hydrogen) atoms. The molecule has 0 radical (unpaired) electrons. The summed E-state index contributed by atoms with van der Waals surface area (Å²) in [6, 6.07) is 15.1. The van der Waals surface area contributed by atoms with Crippen molar-refractivity contribution in [3.8, 4) is 0 Å². The molecule has 0 saturated heterocycles. The van der Waals surface area contributed by atoms with Crippen molar-refractivity contribution in [2.75, 3.05) is 20.1 Å². The summed E-state index contributed by atoms with van der Waals surface area (Å²) in [7, 11) is -2.46. The molecule has 0 bridgehead atoms. The van der Waals surface area contributed by atoms with Gasteiger partial charge in [0.15, 0.2) is 0 Å². The monoisotopic (exact) mass is 445 g/mol. The molecule has 0 saturated carbocycles. The lowest BCUT2D eigenvalue weighted by Gasteiger charge is -2.31. The molecular weight excluding hydrogens is 414 g/mol. The summed E-state index contributed by atoms with van der Waals surface area (Å²) in [5.41, 5.74) is 1.81. The third-order valence-corrected chi connectivity index (χ3v) is 6.84. The number of amides is 2. The SMILES string of the molecule is CCNC(=O)[C@H](CC)N(Cc1ccccc1)C(=O)CN(C)S(=O)(=O)c1ccc(C)cc1. The van der Waals surface area contributed by atoms with Gasteiger partial charge in [-0.1, -0.05) is 55.0 Å². The van der Waals surface area contributed by atoms with Gasteiger partial charge in [0, 0.05) is 20.1 Å². The Balaban J connectivity index is 2.28. The van der Waals surface area contributed by atoms with Gasteiger partial charge in [0.1, 0.15) is 6.04 Å². The summed E-state index contributed by atoms with van der Waals surface area (Å²) in [4.78, 5) is 27.4. The first-order valence-electron chi connectivity index (χ1n) is 10.3. The molecule has 0 heterocycles. The molecule has 8 heteroatoms. The molecule has 0 spiro atoms. The number of likely N-dealkylation sites (N-methyl/N-ethyl adjacent to an activating group) is 2. The molecule has 168 valence electrons. The molecule has 0 aromatic heterocycles. The van der Waals surface area contributed by atoms with E-state index in [1.165, 1.54) is 24.1 Å². The number of hydrogen-bond acceptors (Lipinski definition) is 4. The Labute approximate surface area is 185 Å². The van der Waals surface area contributed by atoms with E-state index in [1.54, 1.807) is 12.1 Å². The minimum absolute atomic E-state index is 0.124. The van der Waals surface area contributed by atoms with Gasteiger partial charge >= 0.3 is 0 Å². The van der Waals surface area contributed by atoms with Crippen molar-refractivity contribution in [1.82, 2.24) is 14.5 Å². The highest BCUT2D eigenvalue weighted by Gasteiger charge is 2.31. The van der Waals surface area contributed by atoms with Gasteiger partial charge in [-0.2, -0.15) is 4.31 Å². The number of carbonyl (C=O) groups is 2. The average molecular weight is 446 g/mol. The fourth-order valence-corrected chi connectivity index (χ4v) is 4.37. The Morgan fingerprint density at radius 1 is 1.00 bits per heavy atom. The van der Waals surface area contributed by atoms with Crippen molar-refractivity contribution in [2.45, 2.75) is 44.7 Å². The summed E-state index contributed by atoms with van der Waals surface area (Å²) in [5.74, 6) is -0.682. The molecule has 2 amide bonds. The Morgan fingerprint density at radius 3 is 2.16 bits per heavy atom. The van der Waals surface area contributed by atoms with Crippen LogP contribution in [0, 0.1) is 6.92 Å². The molecular formula is C23H31N3O4S. The minimum Gasteiger partial charge on any atom is -0.355 e. The summed E-state index contributed by atoms with van der Waals surface area (Å²) < 4.78 is 26.9. The van der Waals surface area contributed by atoms with Crippen molar-refractivity contribution in [3.63, 3.8) is 0 Å². The first-order valence-corrected chi connectivity index (χ1v) is 11.8. The maximum atomic E-state index is 13.2. The van der Waals surface area contributed by atoms with E-state index in [4.69, 9.17) is 0 Å². The molecule has 0 aliphatic carbocycles. The molecule has 0 fully saturated rings. The van der Waals surface area contributed by atoms with E-state index in [1.807, 2.05) is 51.1 Å². The number of hydrogen-bond donors (Lipinski definition) is 1. The van der Waals surface area contributed by atoms with Crippen LogP contribution < -0.4 is 5.32 Å². The Kier molecular flexibility index (Phi) is 8.76. The van der Waals surface area contributed by atoms with E-state index in [0.29, 0.717) is 13.0 Å². The molecule has 2 aromatic carbocycles. The van der Waals surface area contributed by atoms with E-state index in [2.05, 4.69) is 5.32 Å². The average Bonchev–Trinajstić information content (AvgIpc) is 2.74. The van der Waals surface area contributed by atoms with Crippen LogP contribution >= 0.6 is 0 Å². The fourth-order valence-electron chi connectivity index (χ4n) is 3.25. The third kappa shape index (κ3) is 6.38. The van der Waals surface area contributed by atoms with Crippen LogP contribution in [0.25, 0.3) is 0 Å². The maximum Gasteiger partial charge on any atom is 0.243 e. The van der Waals surface area contributed by atoms with E-state index < -0.39 is 22.0 Å². The topological polar surface area (TPSA) is 86.8 Å². The van der Waals surface area contributed by atoms with Gasteiger partial charge < -0.3 is 10.2 Å². The first kappa shape index (κ1) is 24.6. The third-order valence-electron chi connectivity index (χ3n) is 5.02. The first-order chi connectivity index (χ1) is 14.7. The number of benzene rings is 2. The number of aryl methyl sites for hydroxylation is 1. The zero-order chi connectivity index (χ0) is 23.0. The summed E-state index contributed by atoms with van der Waals surface area (Å²) in [6.45, 7) is 5.82. The Bertz CT molecular complexity index is 976. The quantitative estimate of drug-likeness (QED) is 0.609. The molecule has 7 nitrogen and oxygen atoms in total. The van der Waals surface area contributed by atoms with Crippen LogP contribution in [0.2, 0.25) is 0 Å². The van der Waals surface area contributed by atoms with Crippen LogP contribution in [-0.4, -0.2) is 55.6 Å². The number of nitrogens with zero attached hydrogens (tertiary/aromatic N) is 2. The van der Waals surface area contributed by atoms with E-state index in [-0.39, 0.29) is 23.9 Å². The highest BCUT2D eigenvalue weighted by atomic mass is 32.2. The number of sulfonamides is 1. The van der Waals surface area contributed by atoms with Crippen LogP contribution in [0.4, 0.5) is 0 Å². The second-order valence-electron chi connectivity index (χ2n) is 7.40. The van der Waals surface area contributed by atoms with Crippen molar-refractivity contribution >= 4 is 21.8 Å². The van der Waals surface area contributed by atoms with Gasteiger partial charge in [0.2, 0.25) is 21.8 Å². The number of rotatable bonds is 10. The van der Waals surface area contributed by atoms with Crippen LogP contribution in [0.1, 0.15) is 31.4 Å². The van der Waals surface area contributed by atoms with E-state index >= 15 is 0 Å². The largest absolute Gasteiger partial charge is 0.355 e. The second-order valence-corrected chi connectivity index (χ2v) is 9.44. The van der Waals surface area contributed by atoms with Gasteiger partial charge in [-0.15, -0.1) is 0 Å². The molecule has 1 N–H and O–H groups in total. The highest BCUT2D eigenvalue weighted by molar-refractivity contribution is 7.89. The number of nitrogens with one attached hydrogen (secondary N) is 1. The van der Waals surface area contributed by atoms with E-state index in [9.17, 15) is 18.0 Å². The van der Waals surface area contributed by atoms with Gasteiger partial charge in [-0.05, 0) is 38.0 Å². The van der Waals surface area contributed by atoms with Crippen molar-refractivity contribution < 1.29 is 18.0 Å². The van der Waals surface area contributed by atoms with Crippen LogP contribution in [0.15, 0.2) is 59.5 Å². The predicted octanol–water partition coefficient (Wildman–Crippen LogP) is 2.56. The molecule has 0 aliphatic heterocycles. The lowest BCUT2D eigenvalue weighted by Crippen LogP contribution is -2.51. The van der Waals surface area contributed by atoms with Crippen LogP contribution in [0.5, 0.6) is 0 Å². The summed E-state index contributed by atoms with van der Waals surface area (Å²) in [6.07, 6.45) is 0.416. The molecule has 2 rings (SSSR count). The maximum absolute atomic E-state index is 13.2. The van der Waals surface area contributed by atoms with Gasteiger partial charge in [0.05, 0.1) is 11.4 Å². The molecule has 0 unspecified atom stereocenters. The minimum atomic E-state index is -3.83. The van der Waals surface area contributed by atoms with Gasteiger partial charge in [-0.25, -0.2) is 8.42 Å². The molecule has 1 atom stereocenters. The second kappa shape index (κ2) is 11.1. The molecule has 2 aromatic rings. The molecule has 0 aliphatic rings. The normalized spacial score (nSPS) is 12.4. The Hall–Kier alpha value is -2.71. The zero-order valence-electron chi connectivity index (χ0n) is 18.5. The van der Waals surface area contributed by atoms with Gasteiger partial charge in [-0.3, -0.25) is 9.59 Å².